The first-order valence-corrected chi connectivity index (χ1v) is 7.60. The number of β-amino-alcohol motifs (C(OH)–C–C–N with tert-alkyl or cyclic N) is 1. The number of piperidine rings is 1. The number of primary amides is 1. The number of likely N-dealkylation sites (tertiary alicyclic amines) is 1. The number of nitrogens with two attached hydrogens (primary N) is 1. The van der Waals surface area contributed by atoms with Crippen molar-refractivity contribution in [1.29, 1.82) is 0 Å². The van der Waals surface area contributed by atoms with Crippen molar-refractivity contribution in [2.75, 3.05) is 33.7 Å². The minimum Gasteiger partial charge on any atom is -0.389 e. The average molecular weight is 320 g/mol. The molecule has 7 nitrogen and oxygen atoms in total. The van der Waals surface area contributed by atoms with E-state index in [0.717, 1.165) is 5.56 Å². The van der Waals surface area contributed by atoms with Gasteiger partial charge < -0.3 is 21.1 Å². The van der Waals surface area contributed by atoms with Crippen LogP contribution in [-0.2, 0) is 10.3 Å². The van der Waals surface area contributed by atoms with E-state index in [2.05, 4.69) is 5.32 Å². The number of rotatable bonds is 4. The summed E-state index contributed by atoms with van der Waals surface area (Å²) < 4.78 is 0. The Morgan fingerprint density at radius 1 is 1.39 bits per heavy atom. The van der Waals surface area contributed by atoms with Crippen molar-refractivity contribution in [3.05, 3.63) is 35.9 Å². The summed E-state index contributed by atoms with van der Waals surface area (Å²) in [5.74, 6) is -0.247. The van der Waals surface area contributed by atoms with Crippen LogP contribution in [0.1, 0.15) is 12.0 Å². The van der Waals surface area contributed by atoms with Gasteiger partial charge in [0.05, 0.1) is 18.2 Å². The van der Waals surface area contributed by atoms with Gasteiger partial charge in [-0.1, -0.05) is 30.3 Å². The minimum absolute atomic E-state index is 0.150. The molecule has 0 spiro atoms. The van der Waals surface area contributed by atoms with Crippen LogP contribution in [0.25, 0.3) is 0 Å². The fourth-order valence-electron chi connectivity index (χ4n) is 3.27. The zero-order valence-corrected chi connectivity index (χ0v) is 13.5. The van der Waals surface area contributed by atoms with Crippen LogP contribution >= 0.6 is 0 Å². The lowest BCUT2D eigenvalue weighted by Gasteiger charge is -2.49. The molecule has 1 aromatic carbocycles. The lowest BCUT2D eigenvalue weighted by molar-refractivity contribution is -0.139. The van der Waals surface area contributed by atoms with Gasteiger partial charge in [0.2, 0.25) is 5.91 Å². The van der Waals surface area contributed by atoms with Crippen molar-refractivity contribution in [3.8, 4) is 0 Å². The molecule has 1 saturated heterocycles. The van der Waals surface area contributed by atoms with Gasteiger partial charge in [-0.3, -0.25) is 9.69 Å². The van der Waals surface area contributed by atoms with Gasteiger partial charge in [0.15, 0.2) is 0 Å². The number of carbonyl (C=O) groups excluding carboxylic acids is 2. The Morgan fingerprint density at radius 2 is 2.04 bits per heavy atom. The van der Waals surface area contributed by atoms with Crippen LogP contribution in [0.15, 0.2) is 30.3 Å². The van der Waals surface area contributed by atoms with Crippen molar-refractivity contribution >= 4 is 11.9 Å². The maximum atomic E-state index is 12.1. The monoisotopic (exact) mass is 320 g/mol. The SMILES string of the molecule is CN(C)[C@]1(c2ccccc2)CCN(C(=O)CNC(N)=O)C[C@H]1O. The fourth-order valence-corrected chi connectivity index (χ4v) is 3.27. The Hall–Kier alpha value is -2.12. The van der Waals surface area contributed by atoms with Gasteiger partial charge in [-0.2, -0.15) is 0 Å². The summed E-state index contributed by atoms with van der Waals surface area (Å²) in [5.41, 5.74) is 5.47. The number of benzene rings is 1. The average Bonchev–Trinajstić information content (AvgIpc) is 2.53. The first-order valence-electron chi connectivity index (χ1n) is 7.60. The van der Waals surface area contributed by atoms with Crippen molar-refractivity contribution in [1.82, 2.24) is 15.1 Å². The second-order valence-corrected chi connectivity index (χ2v) is 6.01. The highest BCUT2D eigenvalue weighted by atomic mass is 16.3. The third-order valence-electron chi connectivity index (χ3n) is 4.55. The number of aliphatic hydroxyl groups excluding tert-OH is 1. The van der Waals surface area contributed by atoms with Crippen LogP contribution < -0.4 is 11.1 Å². The number of likely N-dealkylation sites (N-methyl/N-ethyl adjacent to an activating group) is 1. The van der Waals surface area contributed by atoms with Crippen LogP contribution in [-0.4, -0.2) is 66.7 Å². The zero-order valence-electron chi connectivity index (χ0n) is 13.5. The highest BCUT2D eigenvalue weighted by Crippen LogP contribution is 2.37. The number of aliphatic hydroxyl groups is 1. The summed E-state index contributed by atoms with van der Waals surface area (Å²) >= 11 is 0. The molecule has 7 heteroatoms. The molecule has 0 aromatic heterocycles. The molecule has 0 bridgehead atoms. The molecular formula is C16H24N4O3. The fraction of sp³-hybridized carbons (Fsp3) is 0.500. The Kier molecular flexibility index (Phi) is 5.23. The Bertz CT molecular complexity index is 564. The van der Waals surface area contributed by atoms with Crippen molar-refractivity contribution < 1.29 is 14.7 Å². The number of hydrogen-bond acceptors (Lipinski definition) is 4. The summed E-state index contributed by atoms with van der Waals surface area (Å²) in [6, 6.07) is 9.09. The van der Waals surface area contributed by atoms with Gasteiger partial charge >= 0.3 is 6.03 Å². The zero-order chi connectivity index (χ0) is 17.0. The third-order valence-corrected chi connectivity index (χ3v) is 4.55. The summed E-state index contributed by atoms with van der Waals surface area (Å²) in [7, 11) is 3.87. The first kappa shape index (κ1) is 17.2. The van der Waals surface area contributed by atoms with E-state index in [1.165, 1.54) is 0 Å². The summed E-state index contributed by atoms with van der Waals surface area (Å²) in [5, 5.41) is 13.1. The molecule has 4 N–H and O–H groups in total. The van der Waals surface area contributed by atoms with Gasteiger partial charge in [-0.05, 0) is 26.1 Å². The molecule has 1 heterocycles. The molecule has 1 aliphatic rings. The number of amides is 3. The molecule has 1 aromatic rings. The highest BCUT2D eigenvalue weighted by molar-refractivity contribution is 5.83. The molecular weight excluding hydrogens is 296 g/mol. The second-order valence-electron chi connectivity index (χ2n) is 6.01. The van der Waals surface area contributed by atoms with E-state index in [9.17, 15) is 14.7 Å². The molecule has 3 amide bonds. The van der Waals surface area contributed by atoms with E-state index in [4.69, 9.17) is 5.73 Å². The van der Waals surface area contributed by atoms with E-state index in [1.807, 2.05) is 49.3 Å². The van der Waals surface area contributed by atoms with E-state index in [0.29, 0.717) is 13.0 Å². The quantitative estimate of drug-likeness (QED) is 0.709. The maximum absolute atomic E-state index is 12.1. The Balaban J connectivity index is 2.15. The largest absolute Gasteiger partial charge is 0.389 e. The molecule has 0 radical (unpaired) electrons. The van der Waals surface area contributed by atoms with E-state index >= 15 is 0 Å². The molecule has 2 atom stereocenters. The minimum atomic E-state index is -0.733. The summed E-state index contributed by atoms with van der Waals surface area (Å²) in [4.78, 5) is 26.4. The van der Waals surface area contributed by atoms with Gasteiger partial charge in [0.1, 0.15) is 0 Å². The standard InChI is InChI=1S/C16H24N4O3/c1-19(2)16(12-6-4-3-5-7-12)8-9-20(11-13(16)21)14(22)10-18-15(17)23/h3-7,13,21H,8-11H2,1-2H3,(H3,17,18,23)/t13-,16+/m1/s1. The van der Waals surface area contributed by atoms with E-state index in [-0.39, 0.29) is 19.0 Å². The molecule has 126 valence electrons. The topological polar surface area (TPSA) is 98.9 Å². The lowest BCUT2D eigenvalue weighted by atomic mass is 9.77. The third kappa shape index (κ3) is 3.46. The van der Waals surface area contributed by atoms with Gasteiger partial charge in [-0.25, -0.2) is 4.79 Å². The van der Waals surface area contributed by atoms with Crippen LogP contribution in [0.2, 0.25) is 0 Å². The molecule has 2 rings (SSSR count). The van der Waals surface area contributed by atoms with Crippen LogP contribution in [0.5, 0.6) is 0 Å². The molecule has 23 heavy (non-hydrogen) atoms. The molecule has 0 saturated carbocycles. The maximum Gasteiger partial charge on any atom is 0.312 e. The van der Waals surface area contributed by atoms with Gasteiger partial charge in [0.25, 0.3) is 0 Å². The van der Waals surface area contributed by atoms with E-state index in [1.54, 1.807) is 4.90 Å². The highest BCUT2D eigenvalue weighted by Gasteiger charge is 2.46. The summed E-state index contributed by atoms with van der Waals surface area (Å²) in [6.07, 6.45) is -0.126. The van der Waals surface area contributed by atoms with Gasteiger partial charge in [-0.15, -0.1) is 0 Å². The van der Waals surface area contributed by atoms with Crippen LogP contribution in [0.3, 0.4) is 0 Å². The lowest BCUT2D eigenvalue weighted by Crippen LogP contribution is -2.61. The smallest absolute Gasteiger partial charge is 0.312 e. The summed E-state index contributed by atoms with van der Waals surface area (Å²) in [6.45, 7) is 0.568. The number of nitrogens with zero attached hydrogens (tertiary/aromatic N) is 2. The predicted octanol–water partition coefficient (Wildman–Crippen LogP) is -0.295. The van der Waals surface area contributed by atoms with Crippen LogP contribution in [0.4, 0.5) is 4.79 Å². The number of urea groups is 1. The number of carbonyl (C=O) groups is 2. The molecule has 0 unspecified atom stereocenters. The first-order chi connectivity index (χ1) is 10.9. The predicted molar refractivity (Wildman–Crippen MR) is 86.6 cm³/mol. The van der Waals surface area contributed by atoms with Crippen molar-refractivity contribution in [2.24, 2.45) is 5.73 Å². The van der Waals surface area contributed by atoms with Crippen molar-refractivity contribution in [3.63, 3.8) is 0 Å². The Morgan fingerprint density at radius 3 is 2.57 bits per heavy atom. The number of hydrogen-bond donors (Lipinski definition) is 3. The van der Waals surface area contributed by atoms with Crippen molar-refractivity contribution in [2.45, 2.75) is 18.1 Å². The van der Waals surface area contributed by atoms with Gasteiger partial charge in [0, 0.05) is 13.1 Å². The number of nitrogens with one attached hydrogen (secondary N) is 1. The van der Waals surface area contributed by atoms with E-state index < -0.39 is 17.7 Å². The second kappa shape index (κ2) is 6.97. The Labute approximate surface area is 136 Å². The molecule has 0 aliphatic carbocycles. The molecule has 1 fully saturated rings. The molecule has 1 aliphatic heterocycles. The normalized spacial score (nSPS) is 24.5. The van der Waals surface area contributed by atoms with Crippen LogP contribution in [0, 0.1) is 0 Å².